The Balaban J connectivity index is 1.44. The number of rotatable bonds is 5. The molecular formula is C23H26F3N3O3. The van der Waals surface area contributed by atoms with E-state index in [4.69, 9.17) is 0 Å². The molecule has 0 aliphatic carbocycles. The predicted molar refractivity (Wildman–Crippen MR) is 115 cm³/mol. The highest BCUT2D eigenvalue weighted by molar-refractivity contribution is 6.00. The molecule has 0 saturated carbocycles. The molecule has 172 valence electrons. The first kappa shape index (κ1) is 22.2. The number of carbonyl (C=O) groups excluding carboxylic acids is 1. The van der Waals surface area contributed by atoms with Gasteiger partial charge in [-0.3, -0.25) is 9.59 Å². The molecule has 2 aromatic rings. The number of halogens is 3. The quantitative estimate of drug-likeness (QED) is 0.687. The third-order valence-corrected chi connectivity index (χ3v) is 6.42. The number of carbonyl (C=O) groups is 1. The van der Waals surface area contributed by atoms with Gasteiger partial charge in [-0.05, 0) is 62.1 Å². The number of hydrogen-bond donors (Lipinski definition) is 0. The van der Waals surface area contributed by atoms with Crippen molar-refractivity contribution in [1.29, 1.82) is 0 Å². The molecule has 1 spiro atoms. The van der Waals surface area contributed by atoms with Gasteiger partial charge in [0.05, 0.1) is 5.41 Å². The van der Waals surface area contributed by atoms with Crippen LogP contribution in [0.1, 0.15) is 32.6 Å². The Hall–Kier alpha value is -2.97. The van der Waals surface area contributed by atoms with Crippen molar-refractivity contribution in [3.05, 3.63) is 52.9 Å². The molecule has 2 aliphatic rings. The fraction of sp³-hybridized carbons (Fsp3) is 0.478. The highest BCUT2D eigenvalue weighted by atomic mass is 19.4. The number of nitrogens with zero attached hydrogens (tertiary/aromatic N) is 3. The zero-order valence-corrected chi connectivity index (χ0v) is 17.9. The van der Waals surface area contributed by atoms with E-state index >= 15 is 0 Å². The molecule has 2 fully saturated rings. The average molecular weight is 449 g/mol. The highest BCUT2D eigenvalue weighted by Gasteiger charge is 2.48. The van der Waals surface area contributed by atoms with Crippen molar-refractivity contribution in [2.45, 2.75) is 45.5 Å². The smallest absolute Gasteiger partial charge is 0.406 e. The number of ether oxygens (including phenoxy) is 1. The van der Waals surface area contributed by atoms with Crippen molar-refractivity contribution >= 4 is 17.3 Å². The van der Waals surface area contributed by atoms with Gasteiger partial charge in [0.15, 0.2) is 0 Å². The van der Waals surface area contributed by atoms with Crippen LogP contribution < -0.4 is 20.1 Å². The summed E-state index contributed by atoms with van der Waals surface area (Å²) < 4.78 is 42.7. The van der Waals surface area contributed by atoms with Gasteiger partial charge in [-0.15, -0.1) is 13.2 Å². The number of anilines is 2. The third-order valence-electron chi connectivity index (χ3n) is 6.42. The largest absolute Gasteiger partial charge is 0.573 e. The zero-order chi connectivity index (χ0) is 22.9. The molecular weight excluding hydrogens is 423 g/mol. The van der Waals surface area contributed by atoms with Gasteiger partial charge in [0.2, 0.25) is 5.91 Å². The first-order valence-electron chi connectivity index (χ1n) is 10.8. The van der Waals surface area contributed by atoms with E-state index < -0.39 is 11.8 Å². The molecule has 0 N–H and O–H groups in total. The summed E-state index contributed by atoms with van der Waals surface area (Å²) in [4.78, 5) is 29.7. The SMILES string of the molecule is CCCn1cccc(N2CCC3(CC2)CCN(c2ccc(OC(F)(F)F)cc2)C3=O)c1=O. The van der Waals surface area contributed by atoms with Gasteiger partial charge in [0.1, 0.15) is 11.4 Å². The van der Waals surface area contributed by atoms with Crippen LogP contribution in [-0.2, 0) is 11.3 Å². The fourth-order valence-electron chi connectivity index (χ4n) is 4.72. The number of aryl methyl sites for hydroxylation is 1. The standard InChI is InChI=1S/C23H26F3N3O3/c1-2-12-28-13-3-4-19(20(28)30)27-14-9-22(10-15-27)11-16-29(21(22)31)17-5-7-18(8-6-17)32-23(24,25)26/h3-8,13H,2,9-12,14-16H2,1H3. The van der Waals surface area contributed by atoms with E-state index in [1.165, 1.54) is 24.3 Å². The second-order valence-corrected chi connectivity index (χ2v) is 8.41. The number of amides is 1. The molecule has 4 rings (SSSR count). The van der Waals surface area contributed by atoms with Gasteiger partial charge in [0.25, 0.3) is 5.56 Å². The number of hydrogen-bond acceptors (Lipinski definition) is 4. The van der Waals surface area contributed by atoms with Crippen LogP contribution in [0.25, 0.3) is 0 Å². The Bertz CT molecular complexity index is 1030. The lowest BCUT2D eigenvalue weighted by molar-refractivity contribution is -0.274. The fourth-order valence-corrected chi connectivity index (χ4v) is 4.72. The topological polar surface area (TPSA) is 54.8 Å². The molecule has 32 heavy (non-hydrogen) atoms. The maximum atomic E-state index is 13.3. The van der Waals surface area contributed by atoms with E-state index in [0.29, 0.717) is 56.8 Å². The van der Waals surface area contributed by atoms with Crippen molar-refractivity contribution < 1.29 is 22.7 Å². The Morgan fingerprint density at radius 2 is 1.66 bits per heavy atom. The molecule has 0 unspecified atom stereocenters. The molecule has 2 aliphatic heterocycles. The summed E-state index contributed by atoms with van der Waals surface area (Å²) in [7, 11) is 0. The van der Waals surface area contributed by atoms with Crippen LogP contribution in [0.4, 0.5) is 24.5 Å². The van der Waals surface area contributed by atoms with E-state index in [1.54, 1.807) is 15.7 Å². The lowest BCUT2D eigenvalue weighted by atomic mass is 9.77. The van der Waals surface area contributed by atoms with E-state index in [1.807, 2.05) is 19.1 Å². The Morgan fingerprint density at radius 1 is 1.00 bits per heavy atom. The summed E-state index contributed by atoms with van der Waals surface area (Å²) in [6.45, 7) is 4.45. The van der Waals surface area contributed by atoms with Crippen molar-refractivity contribution in [3.63, 3.8) is 0 Å². The van der Waals surface area contributed by atoms with Crippen LogP contribution in [0.3, 0.4) is 0 Å². The van der Waals surface area contributed by atoms with Crippen LogP contribution in [0, 0.1) is 5.41 Å². The maximum Gasteiger partial charge on any atom is 0.573 e. The van der Waals surface area contributed by atoms with Crippen molar-refractivity contribution in [1.82, 2.24) is 4.57 Å². The van der Waals surface area contributed by atoms with Crippen LogP contribution >= 0.6 is 0 Å². The molecule has 0 bridgehead atoms. The van der Waals surface area contributed by atoms with Gasteiger partial charge < -0.3 is 19.1 Å². The Labute approximate surface area is 184 Å². The molecule has 6 nitrogen and oxygen atoms in total. The predicted octanol–water partition coefficient (Wildman–Crippen LogP) is 4.18. The van der Waals surface area contributed by atoms with E-state index in [-0.39, 0.29) is 17.2 Å². The van der Waals surface area contributed by atoms with Crippen LogP contribution in [0.15, 0.2) is 47.4 Å². The summed E-state index contributed by atoms with van der Waals surface area (Å²) in [5, 5.41) is 0. The molecule has 0 atom stereocenters. The van der Waals surface area contributed by atoms with E-state index in [0.717, 1.165) is 6.42 Å². The summed E-state index contributed by atoms with van der Waals surface area (Å²) in [6.07, 6.45) is -0.111. The Morgan fingerprint density at radius 3 is 2.28 bits per heavy atom. The third kappa shape index (κ3) is 4.33. The van der Waals surface area contributed by atoms with Gasteiger partial charge >= 0.3 is 6.36 Å². The zero-order valence-electron chi connectivity index (χ0n) is 17.9. The molecule has 1 aromatic heterocycles. The molecule has 1 amide bonds. The number of piperidine rings is 1. The number of benzene rings is 1. The second-order valence-electron chi connectivity index (χ2n) is 8.41. The minimum Gasteiger partial charge on any atom is -0.406 e. The average Bonchev–Trinajstić information content (AvgIpc) is 3.06. The molecule has 2 saturated heterocycles. The lowest BCUT2D eigenvalue weighted by Gasteiger charge is -2.38. The first-order valence-corrected chi connectivity index (χ1v) is 10.8. The van der Waals surface area contributed by atoms with Gasteiger partial charge in [0, 0.05) is 38.1 Å². The minimum absolute atomic E-state index is 0.00176. The second kappa shape index (κ2) is 8.52. The normalized spacial score (nSPS) is 18.4. The van der Waals surface area contributed by atoms with Crippen molar-refractivity contribution in [3.8, 4) is 5.75 Å². The van der Waals surface area contributed by atoms with Crippen LogP contribution in [0.2, 0.25) is 0 Å². The highest BCUT2D eigenvalue weighted by Crippen LogP contribution is 2.43. The van der Waals surface area contributed by atoms with Gasteiger partial charge in [-0.2, -0.15) is 0 Å². The lowest BCUT2D eigenvalue weighted by Crippen LogP contribution is -2.46. The molecule has 0 radical (unpaired) electrons. The number of alkyl halides is 3. The van der Waals surface area contributed by atoms with Crippen LogP contribution in [0.5, 0.6) is 5.75 Å². The van der Waals surface area contributed by atoms with Crippen molar-refractivity contribution in [2.75, 3.05) is 29.4 Å². The van der Waals surface area contributed by atoms with Crippen molar-refractivity contribution in [2.24, 2.45) is 5.41 Å². The molecule has 1 aromatic carbocycles. The van der Waals surface area contributed by atoms with Crippen LogP contribution in [-0.4, -0.2) is 36.5 Å². The summed E-state index contributed by atoms with van der Waals surface area (Å²) in [5.41, 5.74) is 0.730. The summed E-state index contributed by atoms with van der Waals surface area (Å²) in [6, 6.07) is 9.12. The molecule has 9 heteroatoms. The number of pyridine rings is 1. The summed E-state index contributed by atoms with van der Waals surface area (Å²) in [5.74, 6) is -0.314. The molecule has 3 heterocycles. The monoisotopic (exact) mass is 449 g/mol. The van der Waals surface area contributed by atoms with E-state index in [9.17, 15) is 22.8 Å². The van der Waals surface area contributed by atoms with Gasteiger partial charge in [-0.25, -0.2) is 0 Å². The first-order chi connectivity index (χ1) is 15.2. The van der Waals surface area contributed by atoms with Gasteiger partial charge in [-0.1, -0.05) is 6.92 Å². The summed E-state index contributed by atoms with van der Waals surface area (Å²) >= 11 is 0. The Kier molecular flexibility index (Phi) is 5.92. The minimum atomic E-state index is -4.75. The maximum absolute atomic E-state index is 13.3. The van der Waals surface area contributed by atoms with E-state index in [2.05, 4.69) is 9.64 Å². The number of aromatic nitrogens is 1.